The van der Waals surface area contributed by atoms with Gasteiger partial charge in [-0.3, -0.25) is 9.59 Å². The maximum absolute atomic E-state index is 11.5. The van der Waals surface area contributed by atoms with E-state index in [1.54, 1.807) is 7.05 Å². The third-order valence-corrected chi connectivity index (χ3v) is 7.64. The number of carboxylic acid groups (broad SMARTS) is 1. The number of benzene rings is 1. The van der Waals surface area contributed by atoms with Crippen LogP contribution >= 0.6 is 67.8 Å². The van der Waals surface area contributed by atoms with Gasteiger partial charge in [0.25, 0.3) is 0 Å². The van der Waals surface area contributed by atoms with E-state index in [0.29, 0.717) is 18.4 Å². The molecule has 0 aliphatic heterocycles. The molecule has 0 aliphatic rings. The predicted molar refractivity (Wildman–Crippen MR) is 148 cm³/mol. The highest BCUT2D eigenvalue weighted by molar-refractivity contribution is 14.1. The van der Waals surface area contributed by atoms with E-state index in [2.05, 4.69) is 16.0 Å². The van der Waals surface area contributed by atoms with Gasteiger partial charge in [0, 0.05) is 39.6 Å². The highest BCUT2D eigenvalue weighted by Gasteiger charge is 2.29. The molecule has 0 spiro atoms. The van der Waals surface area contributed by atoms with Gasteiger partial charge in [0.2, 0.25) is 11.8 Å². The van der Waals surface area contributed by atoms with Gasteiger partial charge < -0.3 is 46.6 Å². The Morgan fingerprint density at radius 1 is 0.882 bits per heavy atom. The minimum absolute atomic E-state index is 0.0936. The number of carbonyl (C=O) groups is 3. The third-order valence-electron chi connectivity index (χ3n) is 4.18. The molecular formula is C19H28I3N3O9. The van der Waals surface area contributed by atoms with E-state index in [9.17, 15) is 24.6 Å². The van der Waals surface area contributed by atoms with Crippen molar-refractivity contribution in [3.8, 4) is 0 Å². The first-order valence-electron chi connectivity index (χ1n) is 9.63. The van der Waals surface area contributed by atoms with Gasteiger partial charge >= 0.3 is 5.97 Å². The second-order valence-electron chi connectivity index (χ2n) is 6.92. The molecule has 9 N–H and O–H groups in total. The molecule has 4 unspecified atom stereocenters. The fourth-order valence-corrected chi connectivity index (χ4v) is 6.73. The Labute approximate surface area is 237 Å². The number of aromatic carboxylic acids is 1. The van der Waals surface area contributed by atoms with Crippen LogP contribution in [0.2, 0.25) is 0 Å². The van der Waals surface area contributed by atoms with E-state index in [0.717, 1.165) is 3.57 Å². The van der Waals surface area contributed by atoms with Crippen molar-refractivity contribution in [3.05, 3.63) is 21.8 Å². The average Bonchev–Trinajstić information content (AvgIpc) is 2.74. The smallest absolute Gasteiger partial charge is 0.337 e. The number of likely N-dealkylation sites (N-methyl/N-ethyl adjacent to an activating group) is 1. The van der Waals surface area contributed by atoms with Gasteiger partial charge in [-0.25, -0.2) is 4.79 Å². The molecule has 1 aromatic carbocycles. The van der Waals surface area contributed by atoms with E-state index in [1.807, 2.05) is 67.8 Å². The van der Waals surface area contributed by atoms with Gasteiger partial charge in [0.05, 0.1) is 27.5 Å². The second-order valence-corrected chi connectivity index (χ2v) is 10.2. The zero-order valence-electron chi connectivity index (χ0n) is 18.5. The van der Waals surface area contributed by atoms with E-state index >= 15 is 0 Å². The summed E-state index contributed by atoms with van der Waals surface area (Å²) in [5.74, 6) is -1.57. The molecule has 0 fully saturated rings. The van der Waals surface area contributed by atoms with Crippen molar-refractivity contribution >= 4 is 91.2 Å². The van der Waals surface area contributed by atoms with Crippen molar-refractivity contribution in [1.82, 2.24) is 10.6 Å². The number of anilines is 1. The first kappa shape index (κ1) is 33.6. The summed E-state index contributed by atoms with van der Waals surface area (Å²) >= 11 is 5.90. The van der Waals surface area contributed by atoms with Gasteiger partial charge in [0.15, 0.2) is 0 Å². The fourth-order valence-electron chi connectivity index (χ4n) is 2.45. The maximum atomic E-state index is 11.5. The normalized spacial score (nSPS) is 14.2. The molecule has 0 saturated carbocycles. The highest BCUT2D eigenvalue weighted by atomic mass is 127. The summed E-state index contributed by atoms with van der Waals surface area (Å²) in [6.45, 7) is 2.38. The quantitative estimate of drug-likeness (QED) is 0.138. The number of hydrogen-bond donors (Lipinski definition) is 9. The van der Waals surface area contributed by atoms with Gasteiger partial charge in [-0.2, -0.15) is 0 Å². The molecule has 12 nitrogen and oxygen atoms in total. The number of carbonyl (C=O) groups excluding carboxylic acids is 2. The second kappa shape index (κ2) is 16.3. The van der Waals surface area contributed by atoms with Crippen molar-refractivity contribution in [2.24, 2.45) is 0 Å². The van der Waals surface area contributed by atoms with Crippen molar-refractivity contribution in [3.63, 3.8) is 0 Å². The fraction of sp³-hybridized carbons (Fsp3) is 0.526. The molecule has 4 atom stereocenters. The molecule has 1 rings (SSSR count). The van der Waals surface area contributed by atoms with E-state index < -0.39 is 37.0 Å². The minimum Gasteiger partial charge on any atom is -0.478 e. The molecular weight excluding hydrogens is 795 g/mol. The monoisotopic (exact) mass is 823 g/mol. The lowest BCUT2D eigenvalue weighted by Crippen LogP contribution is -2.48. The minimum atomic E-state index is -1.55. The Morgan fingerprint density at radius 3 is 1.82 bits per heavy atom. The van der Waals surface area contributed by atoms with E-state index in [1.165, 1.54) is 13.8 Å². The van der Waals surface area contributed by atoms with Crippen LogP contribution in [0.4, 0.5) is 5.69 Å². The SMILES string of the molecule is CC(=O)NCc1c(I)c(NC(C)=O)c(I)c(C(=O)O)c1I.CNCC(O)C(O)C(O)C(O)CO. The van der Waals surface area contributed by atoms with Gasteiger partial charge in [-0.15, -0.1) is 0 Å². The Bertz CT molecular complexity index is 873. The summed E-state index contributed by atoms with van der Waals surface area (Å²) in [5.41, 5.74) is 1.26. The largest absolute Gasteiger partial charge is 0.478 e. The molecule has 2 amide bonds. The van der Waals surface area contributed by atoms with Gasteiger partial charge in [-0.05, 0) is 74.8 Å². The summed E-state index contributed by atoms with van der Waals surface area (Å²) in [6.07, 6.45) is -5.65. The molecule has 194 valence electrons. The van der Waals surface area contributed by atoms with Crippen LogP contribution in [0, 0.1) is 10.7 Å². The summed E-state index contributed by atoms with van der Waals surface area (Å²) in [4.78, 5) is 33.9. The zero-order chi connectivity index (χ0) is 26.7. The molecule has 0 radical (unpaired) electrons. The zero-order valence-corrected chi connectivity index (χ0v) is 24.9. The van der Waals surface area contributed by atoms with Crippen LogP contribution in [0.5, 0.6) is 0 Å². The van der Waals surface area contributed by atoms with Crippen molar-refractivity contribution in [1.29, 1.82) is 0 Å². The van der Waals surface area contributed by atoms with Crippen LogP contribution in [-0.4, -0.2) is 93.0 Å². The molecule has 0 bridgehead atoms. The summed E-state index contributed by atoms with van der Waals surface area (Å²) in [7, 11) is 1.57. The van der Waals surface area contributed by atoms with Crippen molar-refractivity contribution < 1.29 is 45.0 Å². The Kier molecular flexibility index (Phi) is 16.1. The summed E-state index contributed by atoms with van der Waals surface area (Å²) in [5, 5.41) is 62.2. The molecule has 15 heteroatoms. The number of amides is 2. The average molecular weight is 823 g/mol. The molecule has 0 aromatic heterocycles. The number of rotatable bonds is 10. The lowest BCUT2D eigenvalue weighted by atomic mass is 10.0. The predicted octanol–water partition coefficient (Wildman–Crippen LogP) is -0.565. The number of nitrogens with one attached hydrogen (secondary N) is 3. The molecule has 1 aromatic rings. The van der Waals surface area contributed by atoms with E-state index in [-0.39, 0.29) is 30.5 Å². The van der Waals surface area contributed by atoms with Crippen LogP contribution in [0.25, 0.3) is 0 Å². The topological polar surface area (TPSA) is 209 Å². The number of hydrogen-bond acceptors (Lipinski definition) is 9. The number of aliphatic hydroxyl groups excluding tert-OH is 5. The lowest BCUT2D eigenvalue weighted by molar-refractivity contribution is -0.119. The van der Waals surface area contributed by atoms with Crippen molar-refractivity contribution in [2.45, 2.75) is 44.8 Å². The Morgan fingerprint density at radius 2 is 1.41 bits per heavy atom. The Hall–Kier alpha value is -0.420. The number of halogens is 3. The third kappa shape index (κ3) is 10.3. The van der Waals surface area contributed by atoms with Crippen LogP contribution in [0.15, 0.2) is 0 Å². The van der Waals surface area contributed by atoms with Gasteiger partial charge in [-0.1, -0.05) is 0 Å². The lowest BCUT2D eigenvalue weighted by Gasteiger charge is -2.25. The molecule has 34 heavy (non-hydrogen) atoms. The summed E-state index contributed by atoms with van der Waals surface area (Å²) < 4.78 is 1.74. The van der Waals surface area contributed by atoms with Crippen LogP contribution < -0.4 is 16.0 Å². The van der Waals surface area contributed by atoms with Crippen LogP contribution in [0.1, 0.15) is 29.8 Å². The molecule has 0 heterocycles. The maximum Gasteiger partial charge on any atom is 0.337 e. The number of carboxylic acids is 1. The van der Waals surface area contributed by atoms with Crippen LogP contribution in [-0.2, 0) is 16.1 Å². The van der Waals surface area contributed by atoms with E-state index in [4.69, 9.17) is 20.4 Å². The molecule has 0 aliphatic carbocycles. The first-order valence-corrected chi connectivity index (χ1v) is 12.9. The van der Waals surface area contributed by atoms with Gasteiger partial charge in [0.1, 0.15) is 18.3 Å². The first-order chi connectivity index (χ1) is 15.7. The number of aliphatic hydroxyl groups is 5. The molecule has 0 saturated heterocycles. The highest BCUT2D eigenvalue weighted by Crippen LogP contribution is 2.35. The van der Waals surface area contributed by atoms with Crippen LogP contribution in [0.3, 0.4) is 0 Å². The Balaban J connectivity index is 0.000000722. The summed E-state index contributed by atoms with van der Waals surface area (Å²) in [6, 6.07) is 0. The van der Waals surface area contributed by atoms with Crippen molar-refractivity contribution in [2.75, 3.05) is 25.5 Å². The standard InChI is InChI=1S/C12H11I3N2O4.C7H17NO5/c1-4(18)16-3-6-8(13)7(12(20)21)10(15)11(9(6)14)17-5(2)19;1-8-2-4(10)6(12)7(13)5(11)3-9/h3H2,1-2H3,(H,16,18)(H,17,19)(H,20,21);4-13H,2-3H2,1H3.